The number of hydrogen-bond acceptors (Lipinski definition) is 4. The second-order valence-electron chi connectivity index (χ2n) is 6.95. The molecule has 0 saturated carbocycles. The Labute approximate surface area is 181 Å². The van der Waals surface area contributed by atoms with Crippen LogP contribution in [0.4, 0.5) is 0 Å². The fraction of sp³-hybridized carbons (Fsp3) is 0.409. The van der Waals surface area contributed by atoms with Crippen molar-refractivity contribution >= 4 is 29.1 Å². The molecule has 0 saturated heterocycles. The van der Waals surface area contributed by atoms with Crippen molar-refractivity contribution in [1.82, 2.24) is 4.90 Å². The summed E-state index contributed by atoms with van der Waals surface area (Å²) in [5, 5.41) is 1.03. The summed E-state index contributed by atoms with van der Waals surface area (Å²) < 4.78 is 16.5. The van der Waals surface area contributed by atoms with Gasteiger partial charge in [-0.1, -0.05) is 23.2 Å². The van der Waals surface area contributed by atoms with Crippen LogP contribution >= 0.6 is 23.2 Å². The van der Waals surface area contributed by atoms with Crippen LogP contribution in [0.15, 0.2) is 30.3 Å². The summed E-state index contributed by atoms with van der Waals surface area (Å²) in [5.74, 6) is 2.09. The molecule has 0 aromatic heterocycles. The van der Waals surface area contributed by atoms with E-state index in [1.54, 1.807) is 32.4 Å². The third-order valence-corrected chi connectivity index (χ3v) is 5.72. The molecule has 2 aromatic carbocycles. The average Bonchev–Trinajstić information content (AvgIpc) is 2.71. The molecule has 156 valence electrons. The second-order valence-corrected chi connectivity index (χ2v) is 7.79. The van der Waals surface area contributed by atoms with Gasteiger partial charge in [0.2, 0.25) is 5.91 Å². The Bertz CT molecular complexity index is 887. The third kappa shape index (κ3) is 4.90. The highest BCUT2D eigenvalue weighted by Gasteiger charge is 2.28. The topological polar surface area (TPSA) is 48.0 Å². The summed E-state index contributed by atoms with van der Waals surface area (Å²) in [6, 6.07) is 9.07. The number of carbonyl (C=O) groups is 1. The molecule has 1 aliphatic heterocycles. The lowest BCUT2D eigenvalue weighted by molar-refractivity contribution is -0.134. The molecule has 0 radical (unpaired) electrons. The maximum Gasteiger partial charge on any atom is 0.223 e. The smallest absolute Gasteiger partial charge is 0.223 e. The maximum absolute atomic E-state index is 12.8. The molecule has 1 aliphatic rings. The molecular formula is C22H25Cl2NO4. The highest BCUT2D eigenvalue weighted by molar-refractivity contribution is 6.35. The van der Waals surface area contributed by atoms with Crippen LogP contribution in [0.1, 0.15) is 36.9 Å². The molecule has 0 aliphatic carbocycles. The van der Waals surface area contributed by atoms with Crippen molar-refractivity contribution in [3.63, 3.8) is 0 Å². The Morgan fingerprint density at radius 2 is 1.83 bits per heavy atom. The van der Waals surface area contributed by atoms with Crippen LogP contribution in [-0.2, 0) is 11.2 Å². The second kappa shape index (κ2) is 9.59. The Morgan fingerprint density at radius 3 is 2.52 bits per heavy atom. The van der Waals surface area contributed by atoms with Crippen LogP contribution in [-0.4, -0.2) is 38.2 Å². The lowest BCUT2D eigenvalue weighted by atomic mass is 9.92. The van der Waals surface area contributed by atoms with E-state index in [-0.39, 0.29) is 11.9 Å². The first kappa shape index (κ1) is 21.6. The van der Waals surface area contributed by atoms with E-state index in [2.05, 4.69) is 0 Å². The van der Waals surface area contributed by atoms with Crippen molar-refractivity contribution in [2.75, 3.05) is 27.4 Å². The molecule has 1 atom stereocenters. The molecule has 1 heterocycles. The van der Waals surface area contributed by atoms with Crippen molar-refractivity contribution in [3.8, 4) is 17.2 Å². The van der Waals surface area contributed by atoms with Crippen molar-refractivity contribution in [3.05, 3.63) is 51.5 Å². The molecule has 3 rings (SSSR count). The number of fused-ring (bicyclic) bond motifs is 1. The summed E-state index contributed by atoms with van der Waals surface area (Å²) in [4.78, 5) is 14.7. The van der Waals surface area contributed by atoms with Gasteiger partial charge in [0.1, 0.15) is 5.75 Å². The van der Waals surface area contributed by atoms with E-state index in [9.17, 15) is 4.79 Å². The maximum atomic E-state index is 12.8. The zero-order valence-electron chi connectivity index (χ0n) is 16.8. The van der Waals surface area contributed by atoms with Gasteiger partial charge in [0.25, 0.3) is 0 Å². The number of halogens is 2. The normalized spacial score (nSPS) is 15.6. The van der Waals surface area contributed by atoms with Gasteiger partial charge < -0.3 is 19.1 Å². The van der Waals surface area contributed by atoms with Gasteiger partial charge >= 0.3 is 0 Å². The standard InChI is InChI=1S/C22H25Cl2NO4/c1-14-17-13-21(28-3)20(27-2)11-15(17)8-9-25(14)22(26)5-4-10-29-19-7-6-16(23)12-18(19)24/h6-7,11-14H,4-5,8-10H2,1-3H3. The van der Waals surface area contributed by atoms with E-state index >= 15 is 0 Å². The first-order valence-electron chi connectivity index (χ1n) is 9.56. The number of nitrogens with zero attached hydrogens (tertiary/aromatic N) is 1. The molecule has 1 amide bonds. The van der Waals surface area contributed by atoms with E-state index in [0.717, 1.165) is 17.7 Å². The van der Waals surface area contributed by atoms with Gasteiger partial charge in [-0.2, -0.15) is 0 Å². The molecule has 0 fully saturated rings. The molecule has 5 nitrogen and oxygen atoms in total. The average molecular weight is 438 g/mol. The number of hydrogen-bond donors (Lipinski definition) is 0. The van der Waals surface area contributed by atoms with Gasteiger partial charge in [0, 0.05) is 18.0 Å². The summed E-state index contributed by atoms with van der Waals surface area (Å²) >= 11 is 12.0. The van der Waals surface area contributed by atoms with Gasteiger partial charge in [-0.25, -0.2) is 0 Å². The zero-order chi connectivity index (χ0) is 21.0. The molecule has 0 spiro atoms. The number of carbonyl (C=O) groups excluding carboxylic acids is 1. The van der Waals surface area contributed by atoms with Crippen LogP contribution in [0.25, 0.3) is 0 Å². The largest absolute Gasteiger partial charge is 0.493 e. The first-order valence-corrected chi connectivity index (χ1v) is 10.3. The molecule has 7 heteroatoms. The summed E-state index contributed by atoms with van der Waals surface area (Å²) in [5.41, 5.74) is 2.30. The van der Waals surface area contributed by atoms with E-state index in [0.29, 0.717) is 47.5 Å². The van der Waals surface area contributed by atoms with Gasteiger partial charge in [-0.05, 0) is 61.2 Å². The van der Waals surface area contributed by atoms with Crippen LogP contribution in [0, 0.1) is 0 Å². The van der Waals surface area contributed by atoms with Crippen LogP contribution in [0.5, 0.6) is 17.2 Å². The zero-order valence-corrected chi connectivity index (χ0v) is 18.3. The summed E-state index contributed by atoms with van der Waals surface area (Å²) in [6.45, 7) is 3.15. The number of ether oxygens (including phenoxy) is 3. The molecule has 2 aromatic rings. The highest BCUT2D eigenvalue weighted by Crippen LogP contribution is 2.38. The fourth-order valence-corrected chi connectivity index (χ4v) is 4.09. The molecule has 29 heavy (non-hydrogen) atoms. The van der Waals surface area contributed by atoms with Gasteiger partial charge in [-0.3, -0.25) is 4.79 Å². The Morgan fingerprint density at radius 1 is 1.10 bits per heavy atom. The minimum Gasteiger partial charge on any atom is -0.493 e. The van der Waals surface area contributed by atoms with E-state index in [1.807, 2.05) is 24.0 Å². The molecule has 1 unspecified atom stereocenters. The molecule has 0 N–H and O–H groups in total. The highest BCUT2D eigenvalue weighted by atomic mass is 35.5. The van der Waals surface area contributed by atoms with E-state index in [4.69, 9.17) is 37.4 Å². The van der Waals surface area contributed by atoms with E-state index < -0.39 is 0 Å². The monoisotopic (exact) mass is 437 g/mol. The Kier molecular flexibility index (Phi) is 7.14. The van der Waals surface area contributed by atoms with Crippen molar-refractivity contribution < 1.29 is 19.0 Å². The number of amides is 1. The number of methoxy groups -OCH3 is 2. The quantitative estimate of drug-likeness (QED) is 0.550. The van der Waals surface area contributed by atoms with E-state index in [1.165, 1.54) is 5.56 Å². The minimum atomic E-state index is -0.0160. The lowest BCUT2D eigenvalue weighted by Crippen LogP contribution is -2.38. The number of rotatable bonds is 7. The lowest BCUT2D eigenvalue weighted by Gasteiger charge is -2.36. The Balaban J connectivity index is 1.58. The number of benzene rings is 2. The van der Waals surface area contributed by atoms with Crippen LogP contribution in [0.3, 0.4) is 0 Å². The summed E-state index contributed by atoms with van der Waals surface area (Å²) in [6.07, 6.45) is 1.82. The van der Waals surface area contributed by atoms with Gasteiger partial charge in [-0.15, -0.1) is 0 Å². The van der Waals surface area contributed by atoms with Crippen LogP contribution in [0.2, 0.25) is 10.0 Å². The predicted molar refractivity (Wildman–Crippen MR) is 115 cm³/mol. The SMILES string of the molecule is COc1cc2c(cc1OC)C(C)N(C(=O)CCCOc1ccc(Cl)cc1Cl)CC2. The Hall–Kier alpha value is -2.11. The molecule has 0 bridgehead atoms. The van der Waals surface area contributed by atoms with Gasteiger partial charge in [0.15, 0.2) is 11.5 Å². The first-order chi connectivity index (χ1) is 13.9. The van der Waals surface area contributed by atoms with Crippen molar-refractivity contribution in [1.29, 1.82) is 0 Å². The van der Waals surface area contributed by atoms with Crippen LogP contribution < -0.4 is 14.2 Å². The van der Waals surface area contributed by atoms with Crippen molar-refractivity contribution in [2.45, 2.75) is 32.2 Å². The third-order valence-electron chi connectivity index (χ3n) is 5.19. The van der Waals surface area contributed by atoms with Gasteiger partial charge in [0.05, 0.1) is 31.9 Å². The fourth-order valence-electron chi connectivity index (χ4n) is 3.63. The van der Waals surface area contributed by atoms with Crippen molar-refractivity contribution in [2.24, 2.45) is 0 Å². The predicted octanol–water partition coefficient (Wildman–Crippen LogP) is 5.32. The minimum absolute atomic E-state index is 0.0160. The summed E-state index contributed by atoms with van der Waals surface area (Å²) in [7, 11) is 3.25. The molecular weight excluding hydrogens is 413 g/mol.